The average Bonchev–Trinajstić information content (AvgIpc) is 3.88. The Hall–Kier alpha value is -6.64. The lowest BCUT2D eigenvalue weighted by atomic mass is 9.77. The number of carbonyl (C=O) groups is 1. The van der Waals surface area contributed by atoms with Crippen molar-refractivity contribution in [1.29, 1.82) is 0 Å². The van der Waals surface area contributed by atoms with Crippen molar-refractivity contribution >= 4 is 11.6 Å². The first kappa shape index (κ1) is 32.3. The summed E-state index contributed by atoms with van der Waals surface area (Å²) < 4.78 is 9.68. The van der Waals surface area contributed by atoms with E-state index in [1.165, 1.54) is 0 Å². The molecule has 8 aromatic rings. The number of rotatable bonds is 8. The summed E-state index contributed by atoms with van der Waals surface area (Å²) >= 11 is 0. The van der Waals surface area contributed by atoms with Gasteiger partial charge in [0, 0.05) is 53.9 Å². The summed E-state index contributed by atoms with van der Waals surface area (Å²) in [6.45, 7) is 2.29. The molecule has 0 radical (unpaired) electrons. The molecule has 8 nitrogen and oxygen atoms in total. The number of hydrogen-bond donors (Lipinski definition) is 0. The Bertz CT molecular complexity index is 2390. The minimum Gasteiger partial charge on any atom is -0.378 e. The molecule has 0 atom stereocenters. The van der Waals surface area contributed by atoms with Gasteiger partial charge in [-0.25, -0.2) is 4.98 Å². The van der Waals surface area contributed by atoms with Gasteiger partial charge in [-0.1, -0.05) is 109 Å². The molecular weight excluding hydrogens is 657 g/mol. The predicted octanol–water partition coefficient (Wildman–Crippen LogP) is 8.24. The molecule has 53 heavy (non-hydrogen) atoms. The SMILES string of the molecule is O=C(c1ccc(-c2nn(C(c3ccccc3)(c3ccccc3)c3ccccc3)cc2-c2ccc3ncc(-c4ccccn4)n3c2)cc1)N1CCOCC1. The number of carbonyl (C=O) groups excluding carboxylic acids is 1. The lowest BCUT2D eigenvalue weighted by Gasteiger charge is -2.36. The van der Waals surface area contributed by atoms with Crippen molar-refractivity contribution in [2.24, 2.45) is 0 Å². The van der Waals surface area contributed by atoms with Gasteiger partial charge in [0.25, 0.3) is 5.91 Å². The van der Waals surface area contributed by atoms with E-state index >= 15 is 0 Å². The first-order valence-corrected chi connectivity index (χ1v) is 17.8. The van der Waals surface area contributed by atoms with Gasteiger partial charge in [0.2, 0.25) is 0 Å². The van der Waals surface area contributed by atoms with Crippen LogP contribution in [0.5, 0.6) is 0 Å². The van der Waals surface area contributed by atoms with Gasteiger partial charge in [-0.2, -0.15) is 5.10 Å². The quantitative estimate of drug-likeness (QED) is 0.150. The van der Waals surface area contributed by atoms with Crippen LogP contribution in [0.3, 0.4) is 0 Å². The first-order chi connectivity index (χ1) is 26.2. The van der Waals surface area contributed by atoms with Crippen molar-refractivity contribution in [2.45, 2.75) is 5.54 Å². The number of benzene rings is 4. The fourth-order valence-corrected chi connectivity index (χ4v) is 7.47. The van der Waals surface area contributed by atoms with Crippen LogP contribution in [0.1, 0.15) is 27.0 Å². The number of morpholine rings is 1. The van der Waals surface area contributed by atoms with Gasteiger partial charge in [-0.3, -0.25) is 18.9 Å². The van der Waals surface area contributed by atoms with Gasteiger partial charge in [-0.15, -0.1) is 0 Å². The van der Waals surface area contributed by atoms with E-state index in [9.17, 15) is 4.79 Å². The highest BCUT2D eigenvalue weighted by Gasteiger charge is 2.40. The predicted molar refractivity (Wildman–Crippen MR) is 206 cm³/mol. The molecule has 0 N–H and O–H groups in total. The van der Waals surface area contributed by atoms with Crippen LogP contribution in [0.2, 0.25) is 0 Å². The lowest BCUT2D eigenvalue weighted by molar-refractivity contribution is 0.0303. The second kappa shape index (κ2) is 13.8. The standard InChI is InChI=1S/C45H36N6O2/c52-44(49-26-28-53-29-27-49)34-21-19-33(20-22-34)43-39(35-23-24-42-47-30-41(50(42)31-35)40-18-10-11-25-46-40)32-51(48-43)45(36-12-4-1-5-13-36,37-14-6-2-7-15-37)38-16-8-3-9-17-38/h1-25,30-32H,26-29H2. The van der Waals surface area contributed by atoms with Crippen LogP contribution in [0.4, 0.5) is 0 Å². The zero-order valence-electron chi connectivity index (χ0n) is 29.0. The van der Waals surface area contributed by atoms with Crippen molar-refractivity contribution in [3.63, 3.8) is 0 Å². The normalized spacial score (nSPS) is 13.3. The van der Waals surface area contributed by atoms with Crippen molar-refractivity contribution < 1.29 is 9.53 Å². The number of fused-ring (bicyclic) bond motifs is 1. The van der Waals surface area contributed by atoms with Crippen LogP contribution in [0, 0.1) is 0 Å². The Morgan fingerprint density at radius 1 is 0.623 bits per heavy atom. The number of hydrogen-bond acceptors (Lipinski definition) is 5. The van der Waals surface area contributed by atoms with Gasteiger partial charge in [0.05, 0.1) is 30.8 Å². The molecule has 9 rings (SSSR count). The fourth-order valence-electron chi connectivity index (χ4n) is 7.47. The van der Waals surface area contributed by atoms with Gasteiger partial charge in [0.15, 0.2) is 0 Å². The van der Waals surface area contributed by atoms with Crippen molar-refractivity contribution in [2.75, 3.05) is 26.3 Å². The van der Waals surface area contributed by atoms with E-state index in [4.69, 9.17) is 14.8 Å². The summed E-state index contributed by atoms with van der Waals surface area (Å²) in [7, 11) is 0. The Morgan fingerprint density at radius 2 is 1.23 bits per heavy atom. The van der Waals surface area contributed by atoms with E-state index in [1.54, 1.807) is 6.20 Å². The highest BCUT2D eigenvalue weighted by molar-refractivity contribution is 5.95. The molecule has 0 aliphatic carbocycles. The van der Waals surface area contributed by atoms with Crippen molar-refractivity contribution in [3.8, 4) is 33.8 Å². The van der Waals surface area contributed by atoms with Gasteiger partial charge in [0.1, 0.15) is 16.9 Å². The van der Waals surface area contributed by atoms with Gasteiger partial charge in [-0.05, 0) is 53.1 Å². The van der Waals surface area contributed by atoms with Crippen LogP contribution in [0.15, 0.2) is 170 Å². The fraction of sp³-hybridized carbons (Fsp3) is 0.111. The smallest absolute Gasteiger partial charge is 0.254 e. The molecule has 1 amide bonds. The second-order valence-electron chi connectivity index (χ2n) is 13.1. The number of ether oxygens (including phenoxy) is 1. The van der Waals surface area contributed by atoms with E-state index in [2.05, 4.69) is 105 Å². The zero-order valence-corrected chi connectivity index (χ0v) is 29.0. The topological polar surface area (TPSA) is 77.5 Å². The lowest BCUT2D eigenvalue weighted by Crippen LogP contribution is -2.40. The summed E-state index contributed by atoms with van der Waals surface area (Å²) in [5, 5.41) is 5.54. The molecule has 1 saturated heterocycles. The molecule has 1 aliphatic heterocycles. The number of amides is 1. The Balaban J connectivity index is 1.28. The second-order valence-corrected chi connectivity index (χ2v) is 13.1. The maximum Gasteiger partial charge on any atom is 0.254 e. The molecule has 0 unspecified atom stereocenters. The maximum absolute atomic E-state index is 13.4. The molecule has 0 spiro atoms. The Labute approximate surface area is 307 Å². The minimum absolute atomic E-state index is 0.00876. The molecule has 0 bridgehead atoms. The molecule has 8 heteroatoms. The molecular formula is C45H36N6O2. The number of pyridine rings is 2. The van der Waals surface area contributed by atoms with Crippen LogP contribution in [0.25, 0.3) is 39.4 Å². The molecule has 258 valence electrons. The molecule has 4 aromatic carbocycles. The van der Waals surface area contributed by atoms with Crippen LogP contribution < -0.4 is 0 Å². The molecule has 0 saturated carbocycles. The summed E-state index contributed by atoms with van der Waals surface area (Å²) in [4.78, 5) is 24.6. The van der Waals surface area contributed by atoms with Gasteiger partial charge < -0.3 is 9.64 Å². The highest BCUT2D eigenvalue weighted by atomic mass is 16.5. The van der Waals surface area contributed by atoms with E-state index < -0.39 is 5.54 Å². The van der Waals surface area contributed by atoms with E-state index in [0.717, 1.165) is 56.1 Å². The summed E-state index contributed by atoms with van der Waals surface area (Å²) in [6, 6.07) is 49.5. The number of imidazole rings is 1. The van der Waals surface area contributed by atoms with Gasteiger partial charge >= 0.3 is 0 Å². The third kappa shape index (κ3) is 5.79. The molecule has 4 aromatic heterocycles. The number of aromatic nitrogens is 5. The maximum atomic E-state index is 13.4. The average molecular weight is 693 g/mol. The largest absolute Gasteiger partial charge is 0.378 e. The third-order valence-electron chi connectivity index (χ3n) is 10.1. The van der Waals surface area contributed by atoms with E-state index in [1.807, 2.05) is 77.8 Å². The number of nitrogens with zero attached hydrogens (tertiary/aromatic N) is 6. The summed E-state index contributed by atoms with van der Waals surface area (Å²) in [5.41, 5.74) is 9.20. The molecule has 1 aliphatic rings. The Kier molecular flexibility index (Phi) is 8.42. The molecule has 5 heterocycles. The highest BCUT2D eigenvalue weighted by Crippen LogP contribution is 2.43. The van der Waals surface area contributed by atoms with Crippen LogP contribution >= 0.6 is 0 Å². The first-order valence-electron chi connectivity index (χ1n) is 17.8. The van der Waals surface area contributed by atoms with Crippen molar-refractivity contribution in [3.05, 3.63) is 193 Å². The van der Waals surface area contributed by atoms with Crippen molar-refractivity contribution in [1.82, 2.24) is 29.0 Å². The van der Waals surface area contributed by atoms with Crippen LogP contribution in [-0.4, -0.2) is 61.3 Å². The zero-order chi connectivity index (χ0) is 35.6. The summed E-state index contributed by atoms with van der Waals surface area (Å²) in [5.74, 6) is 0.00876. The van der Waals surface area contributed by atoms with E-state index in [0.29, 0.717) is 31.9 Å². The molecule has 1 fully saturated rings. The Morgan fingerprint density at radius 3 is 1.83 bits per heavy atom. The third-order valence-corrected chi connectivity index (χ3v) is 10.1. The monoisotopic (exact) mass is 692 g/mol. The van der Waals surface area contributed by atoms with E-state index in [-0.39, 0.29) is 5.91 Å². The van der Waals surface area contributed by atoms with Crippen LogP contribution in [-0.2, 0) is 10.3 Å². The minimum atomic E-state index is -0.818. The summed E-state index contributed by atoms with van der Waals surface area (Å²) in [6.07, 6.45) is 7.93.